The monoisotopic (exact) mass is 789 g/mol. The Balaban J connectivity index is 0. The lowest BCUT2D eigenvalue weighted by Crippen LogP contribution is -2.35. The van der Waals surface area contributed by atoms with Gasteiger partial charge in [-0.1, -0.05) is 218 Å². The normalized spacial score (nSPS) is 11.4. The summed E-state index contributed by atoms with van der Waals surface area (Å²) >= 11 is 0. The topological polar surface area (TPSA) is 80.3 Å². The zero-order valence-electron chi connectivity index (χ0n) is 38.9. The Morgan fingerprint density at radius 3 is 0.643 bits per heavy atom. The minimum atomic E-state index is -1.33. The molecule has 56 heavy (non-hydrogen) atoms. The second-order valence-corrected chi connectivity index (χ2v) is 18.8. The Hall–Kier alpha value is -1.92. The molecule has 1 aromatic rings. The highest BCUT2D eigenvalue weighted by atomic mass is 16.4. The van der Waals surface area contributed by atoms with Crippen molar-refractivity contribution >= 4 is 11.9 Å². The predicted molar refractivity (Wildman–Crippen MR) is 240 cm³/mol. The van der Waals surface area contributed by atoms with Crippen LogP contribution in [0.2, 0.25) is 0 Å². The summed E-state index contributed by atoms with van der Waals surface area (Å²) < 4.78 is 2.25. The molecule has 6 heteroatoms. The first-order valence-electron chi connectivity index (χ1n) is 23.9. The van der Waals surface area contributed by atoms with Crippen molar-refractivity contribution < 1.29 is 28.8 Å². The first-order valence-corrected chi connectivity index (χ1v) is 23.9. The van der Waals surface area contributed by atoms with E-state index in [1.54, 1.807) is 0 Å². The van der Waals surface area contributed by atoms with Crippen molar-refractivity contribution in [2.45, 2.75) is 219 Å². The van der Waals surface area contributed by atoms with E-state index < -0.39 is 11.9 Å². The fourth-order valence-electron chi connectivity index (χ4n) is 7.01. The first-order chi connectivity index (χ1) is 26.7. The van der Waals surface area contributed by atoms with Gasteiger partial charge < -0.3 is 28.8 Å². The molecule has 0 aliphatic heterocycles. The number of carboxylic acid groups (broad SMARTS) is 2. The molecule has 330 valence electrons. The molecular formula is C50H96N2O4. The highest BCUT2D eigenvalue weighted by Gasteiger charge is 2.06. The van der Waals surface area contributed by atoms with Crippen molar-refractivity contribution in [1.82, 2.24) is 0 Å². The number of quaternary nitrogens is 2. The summed E-state index contributed by atoms with van der Waals surface area (Å²) in [6.45, 7) is 7.26. The molecule has 0 amide bonds. The highest BCUT2D eigenvalue weighted by molar-refractivity contribution is 5.89. The average molecular weight is 789 g/mol. The number of hydrogen-bond donors (Lipinski definition) is 0. The molecule has 0 heterocycles. The lowest BCUT2D eigenvalue weighted by molar-refractivity contribution is -0.870. The molecule has 0 spiro atoms. The van der Waals surface area contributed by atoms with Crippen LogP contribution in [0, 0.1) is 0 Å². The van der Waals surface area contributed by atoms with Crippen LogP contribution in [0.4, 0.5) is 0 Å². The number of carboxylic acids is 2. The van der Waals surface area contributed by atoms with Gasteiger partial charge in [0.05, 0.1) is 67.3 Å². The van der Waals surface area contributed by atoms with Gasteiger partial charge in [-0.05, 0) is 36.8 Å². The van der Waals surface area contributed by atoms with E-state index in [1.165, 1.54) is 219 Å². The van der Waals surface area contributed by atoms with Crippen molar-refractivity contribution in [2.75, 3.05) is 55.4 Å². The summed E-state index contributed by atoms with van der Waals surface area (Å²) in [6.07, 6.45) is 46.7. The maximum Gasteiger partial charge on any atom is 0.0780 e. The van der Waals surface area contributed by atoms with E-state index >= 15 is 0 Å². The SMILES string of the molecule is CCCCCCCCCCCCCCCCCC[N+](C)(C)C.CCCCCCCCCCCCCCCCCC[N+](C)(C)C.O=C([O-])c1ccc(C(=O)[O-])cc1. The Labute approximate surface area is 349 Å². The Bertz CT molecular complexity index is 901. The Morgan fingerprint density at radius 2 is 0.500 bits per heavy atom. The van der Waals surface area contributed by atoms with Crippen molar-refractivity contribution in [2.24, 2.45) is 0 Å². The molecule has 0 aliphatic carbocycles. The van der Waals surface area contributed by atoms with Crippen LogP contribution >= 0.6 is 0 Å². The van der Waals surface area contributed by atoms with E-state index in [0.717, 1.165) is 33.2 Å². The van der Waals surface area contributed by atoms with Crippen LogP contribution in [0.3, 0.4) is 0 Å². The summed E-state index contributed by atoms with van der Waals surface area (Å²) in [6, 6.07) is 4.61. The fraction of sp³-hybridized carbons (Fsp3) is 0.840. The van der Waals surface area contributed by atoms with Gasteiger partial charge in [0.2, 0.25) is 0 Å². The van der Waals surface area contributed by atoms with Gasteiger partial charge >= 0.3 is 0 Å². The number of benzene rings is 1. The van der Waals surface area contributed by atoms with Crippen LogP contribution in [-0.4, -0.2) is 76.3 Å². The number of carbonyl (C=O) groups excluding carboxylic acids is 2. The lowest BCUT2D eigenvalue weighted by atomic mass is 10.0. The van der Waals surface area contributed by atoms with Crippen molar-refractivity contribution in [1.29, 1.82) is 0 Å². The zero-order valence-corrected chi connectivity index (χ0v) is 38.9. The summed E-state index contributed by atoms with van der Waals surface area (Å²) in [7, 11) is 13.8. The summed E-state index contributed by atoms with van der Waals surface area (Å²) in [5.74, 6) is -2.67. The van der Waals surface area contributed by atoms with Gasteiger partial charge in [0.25, 0.3) is 0 Å². The summed E-state index contributed by atoms with van der Waals surface area (Å²) in [5.41, 5.74) is -0.111. The van der Waals surface area contributed by atoms with Gasteiger partial charge in [-0.2, -0.15) is 0 Å². The van der Waals surface area contributed by atoms with E-state index in [9.17, 15) is 19.8 Å². The molecule has 0 aromatic heterocycles. The maximum absolute atomic E-state index is 10.2. The molecule has 0 aliphatic rings. The number of aromatic carboxylic acids is 2. The van der Waals surface area contributed by atoms with Crippen LogP contribution in [0.5, 0.6) is 0 Å². The first kappa shape index (κ1) is 56.2. The van der Waals surface area contributed by atoms with Gasteiger partial charge in [0, 0.05) is 0 Å². The maximum atomic E-state index is 10.2. The predicted octanol–water partition coefficient (Wildman–Crippen LogP) is 12.3. The molecule has 0 N–H and O–H groups in total. The molecule has 1 aromatic carbocycles. The molecule has 6 nitrogen and oxygen atoms in total. The van der Waals surface area contributed by atoms with Crippen molar-refractivity contribution in [3.63, 3.8) is 0 Å². The molecule has 0 saturated heterocycles. The zero-order chi connectivity index (χ0) is 42.2. The third kappa shape index (κ3) is 46.5. The van der Waals surface area contributed by atoms with Crippen LogP contribution in [0.1, 0.15) is 240 Å². The smallest absolute Gasteiger partial charge is 0.0780 e. The van der Waals surface area contributed by atoms with Crippen molar-refractivity contribution in [3.8, 4) is 0 Å². The van der Waals surface area contributed by atoms with Crippen LogP contribution in [0.25, 0.3) is 0 Å². The molecule has 0 atom stereocenters. The largest absolute Gasteiger partial charge is 0.545 e. The van der Waals surface area contributed by atoms with E-state index in [-0.39, 0.29) is 11.1 Å². The third-order valence-corrected chi connectivity index (χ3v) is 10.7. The van der Waals surface area contributed by atoms with E-state index in [1.807, 2.05) is 0 Å². The molecular weight excluding hydrogens is 693 g/mol. The molecule has 0 fully saturated rings. The number of rotatable bonds is 36. The summed E-state index contributed by atoms with van der Waals surface area (Å²) in [5, 5.41) is 20.4. The second kappa shape index (κ2) is 39.9. The molecule has 0 bridgehead atoms. The fourth-order valence-corrected chi connectivity index (χ4v) is 7.01. The van der Waals surface area contributed by atoms with Gasteiger partial charge in [-0.15, -0.1) is 0 Å². The standard InChI is InChI=1S/2C21H46N.C8H6O4/c2*1-5-6-7-8-9-10-11-12-13-14-15-16-17-18-19-20-21-22(2,3)4;9-7(10)5-1-2-6(4-3-5)8(11)12/h2*5-21H2,1-4H3;1-4H,(H,9,10)(H,11,12)/q2*+1;/p-2. The van der Waals surface area contributed by atoms with Crippen LogP contribution in [0.15, 0.2) is 24.3 Å². The van der Waals surface area contributed by atoms with E-state index in [0.29, 0.717) is 0 Å². The minimum absolute atomic E-state index is 0.0556. The van der Waals surface area contributed by atoms with Crippen molar-refractivity contribution in [3.05, 3.63) is 35.4 Å². The molecule has 0 saturated carbocycles. The summed E-state index contributed by atoms with van der Waals surface area (Å²) in [4.78, 5) is 20.4. The van der Waals surface area contributed by atoms with Gasteiger partial charge in [-0.25, -0.2) is 0 Å². The van der Waals surface area contributed by atoms with Gasteiger partial charge in [-0.3, -0.25) is 0 Å². The molecule has 1 rings (SSSR count). The van der Waals surface area contributed by atoms with Gasteiger partial charge in [0.15, 0.2) is 0 Å². The van der Waals surface area contributed by atoms with Crippen LogP contribution < -0.4 is 10.2 Å². The molecule has 0 unspecified atom stereocenters. The number of hydrogen-bond acceptors (Lipinski definition) is 4. The average Bonchev–Trinajstić information content (AvgIpc) is 3.14. The highest BCUT2D eigenvalue weighted by Crippen LogP contribution is 2.15. The molecule has 0 radical (unpaired) electrons. The Morgan fingerprint density at radius 1 is 0.339 bits per heavy atom. The number of unbranched alkanes of at least 4 members (excludes halogenated alkanes) is 30. The van der Waals surface area contributed by atoms with E-state index in [4.69, 9.17) is 0 Å². The minimum Gasteiger partial charge on any atom is -0.545 e. The lowest BCUT2D eigenvalue weighted by Gasteiger charge is -2.23. The van der Waals surface area contributed by atoms with Crippen LogP contribution in [-0.2, 0) is 0 Å². The Kier molecular flexibility index (Phi) is 40.0. The van der Waals surface area contributed by atoms with Gasteiger partial charge in [0.1, 0.15) is 0 Å². The third-order valence-electron chi connectivity index (χ3n) is 10.7. The number of carbonyl (C=O) groups is 2. The quantitative estimate of drug-likeness (QED) is 0.0501. The number of nitrogens with zero attached hydrogens (tertiary/aromatic N) is 2. The van der Waals surface area contributed by atoms with E-state index in [2.05, 4.69) is 56.1 Å². The second-order valence-electron chi connectivity index (χ2n) is 18.8.